The Morgan fingerprint density at radius 2 is 2.00 bits per heavy atom. The number of piperazine rings is 1. The van der Waals surface area contributed by atoms with E-state index in [-0.39, 0.29) is 11.8 Å². The maximum atomic E-state index is 13.4. The zero-order valence-corrected chi connectivity index (χ0v) is 16.5. The molecule has 0 radical (unpaired) electrons. The van der Waals surface area contributed by atoms with E-state index in [0.717, 1.165) is 37.4 Å². The van der Waals surface area contributed by atoms with Gasteiger partial charge in [-0.25, -0.2) is 0 Å². The standard InChI is InChI=1S/C22H24N6O/c1-2-3-11-28-20-19(25-22(28)26-13-9-24-10-14-26)8-12-27(21(20)29)16-18-7-5-4-6-17(18)15-23/h4-8,12,22,24-25H,9-11,13-14,16H2,1H3. The van der Waals surface area contributed by atoms with Gasteiger partial charge in [0.25, 0.3) is 5.56 Å². The fourth-order valence-corrected chi connectivity index (χ4v) is 3.92. The summed E-state index contributed by atoms with van der Waals surface area (Å²) in [5, 5.41) is 16.2. The molecule has 1 aromatic carbocycles. The second-order valence-corrected chi connectivity index (χ2v) is 7.14. The minimum atomic E-state index is -0.0807. The molecule has 1 atom stereocenters. The molecule has 0 aliphatic carbocycles. The molecule has 0 bridgehead atoms. The van der Waals surface area contributed by atoms with E-state index in [1.54, 1.807) is 16.8 Å². The molecule has 0 amide bonds. The first kappa shape index (κ1) is 19.1. The normalized spacial score (nSPS) is 18.3. The highest BCUT2D eigenvalue weighted by atomic mass is 16.1. The number of aromatic nitrogens is 1. The molecule has 2 aliphatic rings. The van der Waals surface area contributed by atoms with Crippen molar-refractivity contribution in [1.82, 2.24) is 14.8 Å². The first-order chi connectivity index (χ1) is 14.2. The van der Waals surface area contributed by atoms with Crippen molar-refractivity contribution in [2.24, 2.45) is 0 Å². The van der Waals surface area contributed by atoms with Gasteiger partial charge in [0.2, 0.25) is 0 Å². The average Bonchev–Trinajstić information content (AvgIpc) is 3.14. The number of benzene rings is 1. The SMILES string of the molecule is CC#CCN1c2c(ccn(Cc3ccccc3C#N)c2=O)NC1N1CCNCC1. The Labute approximate surface area is 170 Å². The molecule has 2 aliphatic heterocycles. The maximum Gasteiger partial charge on any atom is 0.276 e. The zero-order valence-electron chi connectivity index (χ0n) is 16.5. The van der Waals surface area contributed by atoms with Crippen LogP contribution >= 0.6 is 0 Å². The molecule has 0 saturated carbocycles. The summed E-state index contributed by atoms with van der Waals surface area (Å²) in [7, 11) is 0. The molecule has 7 heteroatoms. The van der Waals surface area contributed by atoms with Crippen LogP contribution in [-0.2, 0) is 6.54 Å². The van der Waals surface area contributed by atoms with Crippen LogP contribution in [0.15, 0.2) is 41.3 Å². The Bertz CT molecular complexity index is 1050. The quantitative estimate of drug-likeness (QED) is 0.767. The second kappa shape index (κ2) is 8.40. The van der Waals surface area contributed by atoms with Crippen LogP contribution in [0.2, 0.25) is 0 Å². The lowest BCUT2D eigenvalue weighted by Gasteiger charge is -2.37. The van der Waals surface area contributed by atoms with Gasteiger partial charge in [-0.3, -0.25) is 9.69 Å². The fraction of sp³-hybridized carbons (Fsp3) is 0.364. The molecular formula is C22H24N6O. The van der Waals surface area contributed by atoms with Crippen LogP contribution in [0.1, 0.15) is 18.1 Å². The van der Waals surface area contributed by atoms with Gasteiger partial charge in [0.15, 0.2) is 6.29 Å². The van der Waals surface area contributed by atoms with E-state index >= 15 is 0 Å². The van der Waals surface area contributed by atoms with Crippen LogP contribution in [0, 0.1) is 23.2 Å². The monoisotopic (exact) mass is 388 g/mol. The molecule has 1 fully saturated rings. The molecule has 1 saturated heterocycles. The van der Waals surface area contributed by atoms with Gasteiger partial charge < -0.3 is 20.1 Å². The van der Waals surface area contributed by atoms with E-state index < -0.39 is 0 Å². The van der Waals surface area contributed by atoms with Crippen molar-refractivity contribution in [2.75, 3.05) is 42.9 Å². The lowest BCUT2D eigenvalue weighted by molar-refractivity contribution is 0.191. The molecule has 7 nitrogen and oxygen atoms in total. The summed E-state index contributed by atoms with van der Waals surface area (Å²) >= 11 is 0. The predicted octanol–water partition coefficient (Wildman–Crippen LogP) is 1.21. The van der Waals surface area contributed by atoms with Crippen molar-refractivity contribution in [1.29, 1.82) is 5.26 Å². The number of hydrogen-bond donors (Lipinski definition) is 2. The molecule has 1 aromatic heterocycles. The highest BCUT2D eigenvalue weighted by Crippen LogP contribution is 2.32. The largest absolute Gasteiger partial charge is 0.351 e. The number of rotatable bonds is 4. The summed E-state index contributed by atoms with van der Waals surface area (Å²) in [6.45, 7) is 6.33. The highest BCUT2D eigenvalue weighted by molar-refractivity contribution is 5.75. The number of hydrogen-bond acceptors (Lipinski definition) is 6. The lowest BCUT2D eigenvalue weighted by atomic mass is 10.1. The lowest BCUT2D eigenvalue weighted by Crippen LogP contribution is -2.56. The van der Waals surface area contributed by atoms with Crippen molar-refractivity contribution >= 4 is 11.4 Å². The molecule has 3 heterocycles. The molecule has 0 spiro atoms. The maximum absolute atomic E-state index is 13.4. The number of nitrogens with zero attached hydrogens (tertiary/aromatic N) is 4. The molecule has 2 aromatic rings. The molecule has 1 unspecified atom stereocenters. The van der Waals surface area contributed by atoms with Crippen molar-refractivity contribution in [2.45, 2.75) is 19.8 Å². The van der Waals surface area contributed by atoms with E-state index in [1.807, 2.05) is 31.2 Å². The van der Waals surface area contributed by atoms with Gasteiger partial charge >= 0.3 is 0 Å². The number of anilines is 2. The first-order valence-corrected chi connectivity index (χ1v) is 9.82. The summed E-state index contributed by atoms with van der Waals surface area (Å²) in [4.78, 5) is 17.8. The number of nitriles is 1. The van der Waals surface area contributed by atoms with E-state index in [9.17, 15) is 10.1 Å². The van der Waals surface area contributed by atoms with Crippen molar-refractivity contribution in [3.8, 4) is 17.9 Å². The van der Waals surface area contributed by atoms with Gasteiger partial charge in [-0.15, -0.1) is 5.92 Å². The third-order valence-electron chi connectivity index (χ3n) is 5.41. The van der Waals surface area contributed by atoms with Gasteiger partial charge in [-0.1, -0.05) is 24.1 Å². The van der Waals surface area contributed by atoms with E-state index in [2.05, 4.69) is 38.3 Å². The smallest absolute Gasteiger partial charge is 0.276 e. The van der Waals surface area contributed by atoms with Crippen LogP contribution < -0.4 is 21.1 Å². The number of pyridine rings is 1. The Balaban J connectivity index is 1.69. The Kier molecular flexibility index (Phi) is 5.53. The molecule has 29 heavy (non-hydrogen) atoms. The van der Waals surface area contributed by atoms with E-state index in [4.69, 9.17) is 0 Å². The highest BCUT2D eigenvalue weighted by Gasteiger charge is 2.35. The summed E-state index contributed by atoms with van der Waals surface area (Å²) in [5.41, 5.74) is 2.83. The Morgan fingerprint density at radius 1 is 1.21 bits per heavy atom. The van der Waals surface area contributed by atoms with Crippen LogP contribution in [0.25, 0.3) is 0 Å². The third kappa shape index (κ3) is 3.71. The minimum Gasteiger partial charge on any atom is -0.351 e. The van der Waals surface area contributed by atoms with Crippen LogP contribution in [0.5, 0.6) is 0 Å². The molecule has 2 N–H and O–H groups in total. The second-order valence-electron chi connectivity index (χ2n) is 7.14. The Morgan fingerprint density at radius 3 is 2.76 bits per heavy atom. The number of nitrogens with one attached hydrogen (secondary N) is 2. The van der Waals surface area contributed by atoms with Gasteiger partial charge in [-0.05, 0) is 24.6 Å². The Hall–Kier alpha value is -3.26. The van der Waals surface area contributed by atoms with Gasteiger partial charge in [-0.2, -0.15) is 5.26 Å². The fourth-order valence-electron chi connectivity index (χ4n) is 3.92. The summed E-state index contributed by atoms with van der Waals surface area (Å²) in [5.74, 6) is 6.06. The van der Waals surface area contributed by atoms with Gasteiger partial charge in [0.05, 0.1) is 30.4 Å². The molecule has 4 rings (SSSR count). The molecular weight excluding hydrogens is 364 g/mol. The van der Waals surface area contributed by atoms with Crippen molar-refractivity contribution in [3.05, 3.63) is 58.0 Å². The predicted molar refractivity (Wildman–Crippen MR) is 114 cm³/mol. The zero-order chi connectivity index (χ0) is 20.2. The minimum absolute atomic E-state index is 0.0710. The van der Waals surface area contributed by atoms with E-state index in [1.165, 1.54) is 0 Å². The van der Waals surface area contributed by atoms with Crippen molar-refractivity contribution < 1.29 is 0 Å². The topological polar surface area (TPSA) is 76.3 Å². The average molecular weight is 388 g/mol. The van der Waals surface area contributed by atoms with Crippen LogP contribution in [0.3, 0.4) is 0 Å². The van der Waals surface area contributed by atoms with E-state index in [0.29, 0.717) is 24.3 Å². The summed E-state index contributed by atoms with van der Waals surface area (Å²) < 4.78 is 1.67. The van der Waals surface area contributed by atoms with Gasteiger partial charge in [0, 0.05) is 32.4 Å². The summed E-state index contributed by atoms with van der Waals surface area (Å²) in [6, 6.07) is 11.5. The third-order valence-corrected chi connectivity index (χ3v) is 5.41. The number of fused-ring (bicyclic) bond motifs is 1. The van der Waals surface area contributed by atoms with Crippen LogP contribution in [-0.4, -0.2) is 48.5 Å². The first-order valence-electron chi connectivity index (χ1n) is 9.82. The summed E-state index contributed by atoms with van der Waals surface area (Å²) in [6.07, 6.45) is 1.72. The van der Waals surface area contributed by atoms with Crippen LogP contribution in [0.4, 0.5) is 11.4 Å². The molecule has 148 valence electrons. The van der Waals surface area contributed by atoms with Crippen molar-refractivity contribution in [3.63, 3.8) is 0 Å². The van der Waals surface area contributed by atoms with Gasteiger partial charge in [0.1, 0.15) is 5.69 Å².